The molecule has 0 saturated carbocycles. The molecule has 188 valence electrons. The van der Waals surface area contributed by atoms with Crippen molar-refractivity contribution >= 4 is 38.6 Å². The molecule has 1 N–H and O–H groups in total. The lowest BCUT2D eigenvalue weighted by Gasteiger charge is -2.23. The van der Waals surface area contributed by atoms with Gasteiger partial charge in [0.25, 0.3) is 0 Å². The first-order valence-electron chi connectivity index (χ1n) is 11.4. The molecule has 36 heavy (non-hydrogen) atoms. The second-order valence-corrected chi connectivity index (χ2v) is 10.8. The standard InChI is InChI=1S/C25H26ClN5O4S/c1-3-11-31(36(34,35)20-5-4-10-27-15-20)16-19-12-17(6-8-22(19)26)21(14-25(32)33)18-7-9-24-23(13-18)28-29-30(24)2/h4-10,12-13,15,21H,3,11,14,16H2,1-2H3,(H,32,33). The molecule has 0 amide bonds. The molecule has 4 aromatic rings. The monoisotopic (exact) mass is 527 g/mol. The average molecular weight is 528 g/mol. The van der Waals surface area contributed by atoms with Gasteiger partial charge >= 0.3 is 5.97 Å². The molecular formula is C25H26ClN5O4S. The van der Waals surface area contributed by atoms with Crippen molar-refractivity contribution in [2.45, 2.75) is 37.1 Å². The number of aryl methyl sites for hydroxylation is 1. The van der Waals surface area contributed by atoms with Crippen molar-refractivity contribution in [1.82, 2.24) is 24.3 Å². The first-order valence-corrected chi connectivity index (χ1v) is 13.2. The number of sulfonamides is 1. The van der Waals surface area contributed by atoms with Crippen LogP contribution in [0.15, 0.2) is 65.8 Å². The van der Waals surface area contributed by atoms with Gasteiger partial charge in [0.1, 0.15) is 10.4 Å². The highest BCUT2D eigenvalue weighted by molar-refractivity contribution is 7.89. The van der Waals surface area contributed by atoms with Crippen molar-refractivity contribution < 1.29 is 18.3 Å². The smallest absolute Gasteiger partial charge is 0.304 e. The molecule has 1 unspecified atom stereocenters. The zero-order valence-corrected chi connectivity index (χ0v) is 21.4. The van der Waals surface area contributed by atoms with Crippen LogP contribution in [0.4, 0.5) is 0 Å². The molecule has 9 nitrogen and oxygen atoms in total. The first kappa shape index (κ1) is 25.7. The minimum absolute atomic E-state index is 0.0424. The molecule has 0 aliphatic rings. The minimum Gasteiger partial charge on any atom is -0.481 e. The van der Waals surface area contributed by atoms with Gasteiger partial charge in [0, 0.05) is 43.5 Å². The maximum absolute atomic E-state index is 13.3. The summed E-state index contributed by atoms with van der Waals surface area (Å²) in [7, 11) is -2.02. The van der Waals surface area contributed by atoms with Crippen LogP contribution in [-0.4, -0.2) is 50.3 Å². The zero-order chi connectivity index (χ0) is 25.9. The van der Waals surface area contributed by atoms with Crippen LogP contribution < -0.4 is 0 Å². The van der Waals surface area contributed by atoms with E-state index in [0.29, 0.717) is 29.1 Å². The highest BCUT2D eigenvalue weighted by atomic mass is 35.5. The maximum atomic E-state index is 13.3. The zero-order valence-electron chi connectivity index (χ0n) is 19.9. The van der Waals surface area contributed by atoms with Crippen LogP contribution in [-0.2, 0) is 28.4 Å². The molecule has 0 fully saturated rings. The van der Waals surface area contributed by atoms with Crippen molar-refractivity contribution in [3.05, 3.63) is 82.6 Å². The Morgan fingerprint density at radius 1 is 1.17 bits per heavy atom. The van der Waals surface area contributed by atoms with Crippen LogP contribution in [0.2, 0.25) is 5.02 Å². The predicted molar refractivity (Wildman–Crippen MR) is 136 cm³/mol. The fraction of sp³-hybridized carbons (Fsp3) is 0.280. The molecule has 2 aromatic heterocycles. The Kier molecular flexibility index (Phi) is 7.67. The number of carboxylic acids is 1. The van der Waals surface area contributed by atoms with Gasteiger partial charge in [-0.1, -0.05) is 41.9 Å². The summed E-state index contributed by atoms with van der Waals surface area (Å²) in [4.78, 5) is 15.8. The maximum Gasteiger partial charge on any atom is 0.304 e. The largest absolute Gasteiger partial charge is 0.481 e. The van der Waals surface area contributed by atoms with Gasteiger partial charge < -0.3 is 5.11 Å². The molecule has 0 radical (unpaired) electrons. The van der Waals surface area contributed by atoms with E-state index in [1.165, 1.54) is 22.8 Å². The molecule has 0 spiro atoms. The number of nitrogens with zero attached hydrogens (tertiary/aromatic N) is 5. The number of aromatic nitrogens is 4. The number of benzene rings is 2. The van der Waals surface area contributed by atoms with Crippen molar-refractivity contribution in [3.63, 3.8) is 0 Å². The number of aliphatic carboxylic acids is 1. The summed E-state index contributed by atoms with van der Waals surface area (Å²) in [6.07, 6.45) is 3.29. The number of rotatable bonds is 10. The lowest BCUT2D eigenvalue weighted by molar-refractivity contribution is -0.137. The Hall–Kier alpha value is -3.34. The first-order chi connectivity index (χ1) is 17.2. The third kappa shape index (κ3) is 5.40. The Morgan fingerprint density at radius 2 is 1.92 bits per heavy atom. The summed E-state index contributed by atoms with van der Waals surface area (Å²) in [5, 5.41) is 18.2. The lowest BCUT2D eigenvalue weighted by atomic mass is 9.87. The van der Waals surface area contributed by atoms with E-state index in [1.54, 1.807) is 36.0 Å². The van der Waals surface area contributed by atoms with Gasteiger partial charge in [-0.25, -0.2) is 13.1 Å². The second kappa shape index (κ2) is 10.7. The third-order valence-electron chi connectivity index (χ3n) is 5.98. The average Bonchev–Trinajstić information content (AvgIpc) is 3.24. The van der Waals surface area contributed by atoms with E-state index in [2.05, 4.69) is 15.3 Å². The highest BCUT2D eigenvalue weighted by Gasteiger charge is 2.26. The molecule has 0 bridgehead atoms. The molecule has 0 saturated heterocycles. The van der Waals surface area contributed by atoms with Gasteiger partial charge in [0.05, 0.1) is 11.9 Å². The molecule has 11 heteroatoms. The summed E-state index contributed by atoms with van der Waals surface area (Å²) in [5.74, 6) is -1.44. The fourth-order valence-corrected chi connectivity index (χ4v) is 5.83. The van der Waals surface area contributed by atoms with Crippen LogP contribution in [0.5, 0.6) is 0 Å². The van der Waals surface area contributed by atoms with Crippen LogP contribution >= 0.6 is 11.6 Å². The van der Waals surface area contributed by atoms with Gasteiger partial charge in [-0.15, -0.1) is 5.10 Å². The van der Waals surface area contributed by atoms with E-state index in [0.717, 1.165) is 16.6 Å². The molecular weight excluding hydrogens is 502 g/mol. The summed E-state index contributed by atoms with van der Waals surface area (Å²) >= 11 is 6.50. The van der Waals surface area contributed by atoms with Gasteiger partial charge in [-0.05, 0) is 53.4 Å². The van der Waals surface area contributed by atoms with E-state index in [-0.39, 0.29) is 17.9 Å². The fourth-order valence-electron chi connectivity index (χ4n) is 4.18. The Bertz CT molecular complexity index is 1490. The number of carbonyl (C=O) groups is 1. The lowest BCUT2D eigenvalue weighted by Crippen LogP contribution is -2.31. The van der Waals surface area contributed by atoms with Crippen molar-refractivity contribution in [2.24, 2.45) is 7.05 Å². The summed E-state index contributed by atoms with van der Waals surface area (Å²) in [6, 6.07) is 13.9. The third-order valence-corrected chi connectivity index (χ3v) is 8.18. The number of pyridine rings is 1. The van der Waals surface area contributed by atoms with E-state index in [4.69, 9.17) is 11.6 Å². The second-order valence-electron chi connectivity index (χ2n) is 8.49. The van der Waals surface area contributed by atoms with Crippen LogP contribution in [0.3, 0.4) is 0 Å². The Morgan fingerprint density at radius 3 is 2.61 bits per heavy atom. The highest BCUT2D eigenvalue weighted by Crippen LogP contribution is 2.33. The quantitative estimate of drug-likeness (QED) is 0.328. The van der Waals surface area contributed by atoms with Gasteiger partial charge in [0.15, 0.2) is 0 Å². The van der Waals surface area contributed by atoms with Crippen molar-refractivity contribution in [2.75, 3.05) is 6.54 Å². The van der Waals surface area contributed by atoms with E-state index >= 15 is 0 Å². The summed E-state index contributed by atoms with van der Waals surface area (Å²) in [6.45, 7) is 2.23. The summed E-state index contributed by atoms with van der Waals surface area (Å²) in [5.41, 5.74) is 3.57. The molecule has 2 heterocycles. The molecule has 0 aliphatic carbocycles. The van der Waals surface area contributed by atoms with Gasteiger partial charge in [-0.3, -0.25) is 9.78 Å². The molecule has 0 aliphatic heterocycles. The van der Waals surface area contributed by atoms with Crippen LogP contribution in [0, 0.1) is 0 Å². The van der Waals surface area contributed by atoms with Crippen molar-refractivity contribution in [3.8, 4) is 0 Å². The number of carboxylic acid groups (broad SMARTS) is 1. The molecule has 2 aromatic carbocycles. The van der Waals surface area contributed by atoms with Crippen LogP contribution in [0.1, 0.15) is 42.4 Å². The number of halogens is 1. The Balaban J connectivity index is 1.72. The molecule has 1 atom stereocenters. The van der Waals surface area contributed by atoms with Gasteiger partial charge in [-0.2, -0.15) is 4.31 Å². The predicted octanol–water partition coefficient (Wildman–Crippen LogP) is 4.22. The minimum atomic E-state index is -3.80. The summed E-state index contributed by atoms with van der Waals surface area (Å²) < 4.78 is 29.6. The normalized spacial score (nSPS) is 12.8. The van der Waals surface area contributed by atoms with E-state index in [9.17, 15) is 18.3 Å². The Labute approximate surface area is 214 Å². The number of hydrogen-bond acceptors (Lipinski definition) is 6. The topological polar surface area (TPSA) is 118 Å². The van der Waals surface area contributed by atoms with E-state index in [1.807, 2.05) is 25.1 Å². The van der Waals surface area contributed by atoms with Gasteiger partial charge in [0.2, 0.25) is 10.0 Å². The number of fused-ring (bicyclic) bond motifs is 1. The van der Waals surface area contributed by atoms with E-state index < -0.39 is 21.9 Å². The SMILES string of the molecule is CCCN(Cc1cc(C(CC(=O)O)c2ccc3c(c2)nnn3C)ccc1Cl)S(=O)(=O)c1cccnc1. The van der Waals surface area contributed by atoms with Crippen molar-refractivity contribution in [1.29, 1.82) is 0 Å². The number of hydrogen-bond donors (Lipinski definition) is 1. The van der Waals surface area contributed by atoms with Crippen LogP contribution in [0.25, 0.3) is 11.0 Å². The molecule has 4 rings (SSSR count).